The van der Waals surface area contributed by atoms with Gasteiger partial charge in [0.2, 0.25) is 0 Å². The Hall–Kier alpha value is -0.770. The highest BCUT2D eigenvalue weighted by atomic mass is 16.4. The van der Waals surface area contributed by atoms with Crippen LogP contribution in [-0.2, 0) is 0 Å². The Bertz CT molecular complexity index is 300. The van der Waals surface area contributed by atoms with E-state index in [9.17, 15) is 0 Å². The summed E-state index contributed by atoms with van der Waals surface area (Å²) in [6.07, 6.45) is 11.8. The van der Waals surface area contributed by atoms with Crippen LogP contribution < -0.4 is 5.73 Å². The molecule has 0 aromatic heterocycles. The first kappa shape index (κ1) is 14.6. The molecule has 0 spiro atoms. The molecule has 2 aliphatic rings. The van der Waals surface area contributed by atoms with Crippen molar-refractivity contribution < 1.29 is 5.21 Å². The van der Waals surface area contributed by atoms with Crippen LogP contribution in [-0.4, -0.2) is 34.6 Å². The molecular weight excluding hydrogens is 238 g/mol. The molecule has 4 heteroatoms. The molecule has 0 radical (unpaired) electrons. The molecule has 0 bridgehead atoms. The number of hydrogen-bond donors (Lipinski definition) is 2. The van der Waals surface area contributed by atoms with E-state index in [1.807, 2.05) is 0 Å². The third-order valence-corrected chi connectivity index (χ3v) is 5.07. The summed E-state index contributed by atoms with van der Waals surface area (Å²) in [5.41, 5.74) is 5.77. The fourth-order valence-corrected chi connectivity index (χ4v) is 3.95. The molecule has 2 atom stereocenters. The first-order valence-electron chi connectivity index (χ1n) is 7.96. The lowest BCUT2D eigenvalue weighted by atomic mass is 9.83. The normalized spacial score (nSPS) is 30.1. The van der Waals surface area contributed by atoms with Crippen LogP contribution in [0.5, 0.6) is 0 Å². The van der Waals surface area contributed by atoms with Gasteiger partial charge in [-0.25, -0.2) is 0 Å². The van der Waals surface area contributed by atoms with Gasteiger partial charge in [-0.15, -0.1) is 0 Å². The minimum absolute atomic E-state index is 0.366. The summed E-state index contributed by atoms with van der Waals surface area (Å²) >= 11 is 0. The van der Waals surface area contributed by atoms with Crippen molar-refractivity contribution in [3.05, 3.63) is 0 Å². The predicted octanol–water partition coefficient (Wildman–Crippen LogP) is 2.95. The molecular formula is C15H29N3O. The zero-order chi connectivity index (χ0) is 13.7. The third kappa shape index (κ3) is 3.85. The number of nitrogens with two attached hydrogens (primary N) is 1. The molecule has 3 N–H and O–H groups in total. The lowest BCUT2D eigenvalue weighted by molar-refractivity contribution is 0.102. The molecule has 0 aliphatic heterocycles. The van der Waals surface area contributed by atoms with Crippen molar-refractivity contribution >= 4 is 5.84 Å². The van der Waals surface area contributed by atoms with Gasteiger partial charge in [-0.1, -0.05) is 44.2 Å². The molecule has 19 heavy (non-hydrogen) atoms. The minimum Gasteiger partial charge on any atom is -0.409 e. The summed E-state index contributed by atoms with van der Waals surface area (Å²) in [7, 11) is 0. The third-order valence-electron chi connectivity index (χ3n) is 5.07. The molecule has 0 amide bonds. The molecule has 2 saturated carbocycles. The molecule has 0 saturated heterocycles. The van der Waals surface area contributed by atoms with E-state index < -0.39 is 0 Å². The average molecular weight is 267 g/mol. The SMILES string of the molecule is CCC1CCCC(N(CC(N)=NO)C2CCCC2)C1. The Morgan fingerprint density at radius 1 is 1.16 bits per heavy atom. The average Bonchev–Trinajstić information content (AvgIpc) is 2.98. The monoisotopic (exact) mass is 267 g/mol. The van der Waals surface area contributed by atoms with E-state index >= 15 is 0 Å². The maximum absolute atomic E-state index is 8.86. The molecule has 0 aromatic carbocycles. The lowest BCUT2D eigenvalue weighted by Gasteiger charge is -2.40. The van der Waals surface area contributed by atoms with E-state index in [1.165, 1.54) is 57.8 Å². The Balaban J connectivity index is 2.02. The van der Waals surface area contributed by atoms with Crippen molar-refractivity contribution in [2.75, 3.05) is 6.54 Å². The number of rotatable bonds is 5. The van der Waals surface area contributed by atoms with E-state index in [0.717, 1.165) is 5.92 Å². The summed E-state index contributed by atoms with van der Waals surface area (Å²) in [6.45, 7) is 2.94. The van der Waals surface area contributed by atoms with Gasteiger partial charge in [0.1, 0.15) is 0 Å². The van der Waals surface area contributed by atoms with E-state index in [4.69, 9.17) is 10.9 Å². The minimum atomic E-state index is 0.366. The molecule has 110 valence electrons. The number of hydrogen-bond acceptors (Lipinski definition) is 3. The predicted molar refractivity (Wildman–Crippen MR) is 78.4 cm³/mol. The molecule has 0 aromatic rings. The first-order chi connectivity index (χ1) is 9.24. The van der Waals surface area contributed by atoms with Crippen molar-refractivity contribution in [1.29, 1.82) is 0 Å². The maximum atomic E-state index is 8.86. The summed E-state index contributed by atoms with van der Waals surface area (Å²) in [5, 5.41) is 12.0. The van der Waals surface area contributed by atoms with Crippen LogP contribution in [0.15, 0.2) is 5.16 Å². The van der Waals surface area contributed by atoms with Crippen LogP contribution in [0.2, 0.25) is 0 Å². The number of oxime groups is 1. The van der Waals surface area contributed by atoms with Crippen LogP contribution in [0.3, 0.4) is 0 Å². The van der Waals surface area contributed by atoms with Crippen molar-refractivity contribution in [1.82, 2.24) is 4.90 Å². The summed E-state index contributed by atoms with van der Waals surface area (Å²) in [6, 6.07) is 1.29. The van der Waals surface area contributed by atoms with Gasteiger partial charge < -0.3 is 10.9 Å². The van der Waals surface area contributed by atoms with Crippen molar-refractivity contribution in [2.45, 2.75) is 76.8 Å². The van der Waals surface area contributed by atoms with Crippen molar-refractivity contribution in [3.8, 4) is 0 Å². The van der Waals surface area contributed by atoms with Gasteiger partial charge in [-0.2, -0.15) is 0 Å². The van der Waals surface area contributed by atoms with E-state index in [-0.39, 0.29) is 0 Å². The smallest absolute Gasteiger partial charge is 0.153 e. The molecule has 2 fully saturated rings. The van der Waals surface area contributed by atoms with Gasteiger partial charge >= 0.3 is 0 Å². The van der Waals surface area contributed by atoms with Gasteiger partial charge in [0, 0.05) is 12.1 Å². The molecule has 0 heterocycles. The number of nitrogens with zero attached hydrogens (tertiary/aromatic N) is 2. The van der Waals surface area contributed by atoms with Crippen LogP contribution >= 0.6 is 0 Å². The van der Waals surface area contributed by atoms with Crippen molar-refractivity contribution in [2.24, 2.45) is 16.8 Å². The lowest BCUT2D eigenvalue weighted by Crippen LogP contribution is -2.48. The van der Waals surface area contributed by atoms with Gasteiger partial charge in [-0.05, 0) is 31.6 Å². The summed E-state index contributed by atoms with van der Waals surface area (Å²) in [4.78, 5) is 2.55. The van der Waals surface area contributed by atoms with E-state index in [1.54, 1.807) is 0 Å². The number of amidine groups is 1. The fourth-order valence-electron chi connectivity index (χ4n) is 3.95. The van der Waals surface area contributed by atoms with Crippen molar-refractivity contribution in [3.63, 3.8) is 0 Å². The van der Waals surface area contributed by atoms with Gasteiger partial charge in [0.05, 0.1) is 6.54 Å². The molecule has 2 aliphatic carbocycles. The van der Waals surface area contributed by atoms with Crippen LogP contribution in [0.25, 0.3) is 0 Å². The second-order valence-electron chi connectivity index (χ2n) is 6.30. The van der Waals surface area contributed by atoms with Gasteiger partial charge in [-0.3, -0.25) is 4.90 Å². The first-order valence-corrected chi connectivity index (χ1v) is 7.96. The Kier molecular flexibility index (Phi) is 5.49. The zero-order valence-corrected chi connectivity index (χ0v) is 12.2. The Morgan fingerprint density at radius 2 is 1.84 bits per heavy atom. The second-order valence-corrected chi connectivity index (χ2v) is 6.30. The van der Waals surface area contributed by atoms with E-state index in [2.05, 4.69) is 17.0 Å². The quantitative estimate of drug-likeness (QED) is 0.348. The largest absolute Gasteiger partial charge is 0.409 e. The van der Waals surface area contributed by atoms with Crippen LogP contribution in [0, 0.1) is 5.92 Å². The highest BCUT2D eigenvalue weighted by Gasteiger charge is 2.32. The Labute approximate surface area is 117 Å². The second kappa shape index (κ2) is 7.13. The standard InChI is InChI=1S/C15H29N3O/c1-2-12-6-5-9-14(10-12)18(11-15(16)17-19)13-7-3-4-8-13/h12-14,19H,2-11H2,1H3,(H2,16,17). The van der Waals surface area contributed by atoms with Crippen LogP contribution in [0.4, 0.5) is 0 Å². The highest BCUT2D eigenvalue weighted by Crippen LogP contribution is 2.34. The summed E-state index contributed by atoms with van der Waals surface area (Å²) < 4.78 is 0. The Morgan fingerprint density at radius 3 is 2.47 bits per heavy atom. The topological polar surface area (TPSA) is 61.8 Å². The summed E-state index contributed by atoms with van der Waals surface area (Å²) in [5.74, 6) is 1.24. The molecule has 4 nitrogen and oxygen atoms in total. The van der Waals surface area contributed by atoms with E-state index in [0.29, 0.717) is 24.5 Å². The van der Waals surface area contributed by atoms with Gasteiger partial charge in [0.15, 0.2) is 5.84 Å². The zero-order valence-electron chi connectivity index (χ0n) is 12.2. The fraction of sp³-hybridized carbons (Fsp3) is 0.933. The maximum Gasteiger partial charge on any atom is 0.153 e. The molecule has 2 unspecified atom stereocenters. The van der Waals surface area contributed by atoms with Gasteiger partial charge in [0.25, 0.3) is 0 Å². The molecule has 2 rings (SSSR count). The van der Waals surface area contributed by atoms with Crippen LogP contribution in [0.1, 0.15) is 64.7 Å². The highest BCUT2D eigenvalue weighted by molar-refractivity contribution is 5.81.